The maximum atomic E-state index is 12.9. The Kier molecular flexibility index (Phi) is 7.71. The van der Waals surface area contributed by atoms with Gasteiger partial charge in [-0.05, 0) is 63.3 Å². The average molecular weight is 468 g/mol. The molecule has 1 N–H and O–H groups in total. The van der Waals surface area contributed by atoms with Crippen LogP contribution in [0.15, 0.2) is 83.5 Å². The number of nitrogens with one attached hydrogen (secondary N) is 1. The van der Waals surface area contributed by atoms with Gasteiger partial charge in [0.2, 0.25) is 5.91 Å². The van der Waals surface area contributed by atoms with Gasteiger partial charge in [-0.2, -0.15) is 0 Å². The lowest BCUT2D eigenvalue weighted by Crippen LogP contribution is -2.31. The number of ether oxygens (including phenoxy) is 1. The molecule has 3 aromatic carbocycles. The second kappa shape index (κ2) is 11.1. The van der Waals surface area contributed by atoms with Crippen molar-refractivity contribution in [2.45, 2.75) is 46.6 Å². The molecule has 1 aromatic heterocycles. The molecule has 1 amide bonds. The van der Waals surface area contributed by atoms with Crippen LogP contribution in [-0.4, -0.2) is 18.6 Å². The Balaban J connectivity index is 1.60. The number of hydrogen-bond acceptors (Lipinski definition) is 3. The summed E-state index contributed by atoms with van der Waals surface area (Å²) in [5.74, 6) is 0.659. The highest BCUT2D eigenvalue weighted by Crippen LogP contribution is 2.40. The number of fused-ring (bicyclic) bond motifs is 1. The van der Waals surface area contributed by atoms with E-state index in [9.17, 15) is 4.79 Å². The van der Waals surface area contributed by atoms with Crippen molar-refractivity contribution in [3.8, 4) is 16.9 Å². The van der Waals surface area contributed by atoms with Crippen LogP contribution >= 0.6 is 0 Å². The van der Waals surface area contributed by atoms with E-state index in [-0.39, 0.29) is 11.9 Å². The number of benzene rings is 3. The number of carbonyl (C=O) groups excluding carboxylic acids is 1. The Morgan fingerprint density at radius 1 is 1.09 bits per heavy atom. The number of hydrogen-bond donors (Lipinski definition) is 1. The van der Waals surface area contributed by atoms with E-state index in [1.54, 1.807) is 12.3 Å². The van der Waals surface area contributed by atoms with Crippen LogP contribution < -0.4 is 10.1 Å². The molecule has 0 aliphatic rings. The zero-order valence-corrected chi connectivity index (χ0v) is 20.9. The average Bonchev–Trinajstić information content (AvgIpc) is 3.30. The highest BCUT2D eigenvalue weighted by atomic mass is 16.5. The second-order valence-corrected chi connectivity index (χ2v) is 8.96. The predicted molar refractivity (Wildman–Crippen MR) is 144 cm³/mol. The highest BCUT2D eigenvalue weighted by molar-refractivity contribution is 6.01. The van der Waals surface area contributed by atoms with Crippen LogP contribution in [0.25, 0.3) is 27.7 Å². The third-order valence-electron chi connectivity index (χ3n) is 6.29. The molecule has 1 heterocycles. The number of allylic oxidation sites excluding steroid dienone is 1. The van der Waals surface area contributed by atoms with Gasteiger partial charge < -0.3 is 14.5 Å². The number of aryl methyl sites for hydroxylation is 2. The number of amides is 1. The molecule has 0 bridgehead atoms. The van der Waals surface area contributed by atoms with Crippen LogP contribution in [-0.2, 0) is 11.2 Å². The summed E-state index contributed by atoms with van der Waals surface area (Å²) >= 11 is 0. The lowest BCUT2D eigenvalue weighted by atomic mass is 9.96. The number of carbonyl (C=O) groups is 1. The molecule has 0 radical (unpaired) electrons. The van der Waals surface area contributed by atoms with E-state index in [0.29, 0.717) is 6.61 Å². The summed E-state index contributed by atoms with van der Waals surface area (Å²) < 4.78 is 12.0. The van der Waals surface area contributed by atoms with Crippen LogP contribution in [0.4, 0.5) is 0 Å². The minimum atomic E-state index is -0.0984. The quantitative estimate of drug-likeness (QED) is 0.262. The minimum absolute atomic E-state index is 0.0703. The molecule has 0 fully saturated rings. The van der Waals surface area contributed by atoms with Crippen molar-refractivity contribution >= 4 is 22.4 Å². The SMILES string of the molecule is CCOc1c(/C(C)=C/C(=O)NC(C)CCc2ccccc2)cc2c(-c3ccccc3)coc2c1C. The van der Waals surface area contributed by atoms with Crippen LogP contribution in [0.1, 0.15) is 43.9 Å². The first-order chi connectivity index (χ1) is 17.0. The first kappa shape index (κ1) is 24.3. The second-order valence-electron chi connectivity index (χ2n) is 8.96. The van der Waals surface area contributed by atoms with Gasteiger partial charge in [0.15, 0.2) is 0 Å². The van der Waals surface area contributed by atoms with Gasteiger partial charge in [-0.15, -0.1) is 0 Å². The van der Waals surface area contributed by atoms with E-state index in [4.69, 9.17) is 9.15 Å². The molecule has 0 aliphatic carbocycles. The largest absolute Gasteiger partial charge is 0.493 e. The molecular weight excluding hydrogens is 434 g/mol. The number of furan rings is 1. The summed E-state index contributed by atoms with van der Waals surface area (Å²) in [6.07, 6.45) is 5.28. The standard InChI is InChI=1S/C31H33NO3/c1-5-34-30-23(4)31-27(28(20-35-31)25-14-10-7-11-15-25)19-26(30)21(2)18-29(33)32-22(3)16-17-24-12-8-6-9-13-24/h6-15,18-20,22H,5,16-17H2,1-4H3,(H,32,33)/b21-18+. The van der Waals surface area contributed by atoms with Crippen LogP contribution in [0.5, 0.6) is 5.75 Å². The van der Waals surface area contributed by atoms with Gasteiger partial charge in [-0.25, -0.2) is 0 Å². The first-order valence-electron chi connectivity index (χ1n) is 12.2. The molecule has 4 aromatic rings. The van der Waals surface area contributed by atoms with Crippen LogP contribution in [0.2, 0.25) is 0 Å². The summed E-state index contributed by atoms with van der Waals surface area (Å²) in [6, 6.07) is 22.7. The predicted octanol–water partition coefficient (Wildman–Crippen LogP) is 7.35. The van der Waals surface area contributed by atoms with Gasteiger partial charge in [0, 0.05) is 34.2 Å². The topological polar surface area (TPSA) is 51.5 Å². The summed E-state index contributed by atoms with van der Waals surface area (Å²) in [7, 11) is 0. The Morgan fingerprint density at radius 2 is 1.77 bits per heavy atom. The Labute approximate surface area is 207 Å². The van der Waals surface area contributed by atoms with E-state index in [1.807, 2.05) is 64.1 Å². The highest BCUT2D eigenvalue weighted by Gasteiger charge is 2.19. The smallest absolute Gasteiger partial charge is 0.244 e. The van der Waals surface area contributed by atoms with Gasteiger partial charge in [0.25, 0.3) is 0 Å². The monoisotopic (exact) mass is 467 g/mol. The third kappa shape index (κ3) is 5.65. The van der Waals surface area contributed by atoms with Gasteiger partial charge >= 0.3 is 0 Å². The summed E-state index contributed by atoms with van der Waals surface area (Å²) in [5.41, 5.74) is 6.90. The van der Waals surface area contributed by atoms with Crippen molar-refractivity contribution in [2.75, 3.05) is 6.61 Å². The van der Waals surface area contributed by atoms with Crippen molar-refractivity contribution in [1.82, 2.24) is 5.32 Å². The molecular formula is C31H33NO3. The van der Waals surface area contributed by atoms with E-state index in [2.05, 4.69) is 35.6 Å². The fourth-order valence-electron chi connectivity index (χ4n) is 4.44. The van der Waals surface area contributed by atoms with E-state index >= 15 is 0 Å². The van der Waals surface area contributed by atoms with Gasteiger partial charge in [-0.3, -0.25) is 4.79 Å². The molecule has 0 saturated carbocycles. The Bertz CT molecular complexity index is 1320. The van der Waals surface area contributed by atoms with Crippen LogP contribution in [0, 0.1) is 6.92 Å². The van der Waals surface area contributed by atoms with Gasteiger partial charge in [0.05, 0.1) is 12.9 Å². The fourth-order valence-corrected chi connectivity index (χ4v) is 4.44. The summed E-state index contributed by atoms with van der Waals surface area (Å²) in [5, 5.41) is 4.12. The Hall–Kier alpha value is -3.79. The van der Waals surface area contributed by atoms with Crippen molar-refractivity contribution in [3.63, 3.8) is 0 Å². The maximum Gasteiger partial charge on any atom is 0.244 e. The van der Waals surface area contributed by atoms with Crippen molar-refractivity contribution in [2.24, 2.45) is 0 Å². The van der Waals surface area contributed by atoms with E-state index in [1.165, 1.54) is 5.56 Å². The molecule has 1 atom stereocenters. The lowest BCUT2D eigenvalue weighted by Gasteiger charge is -2.16. The third-order valence-corrected chi connectivity index (χ3v) is 6.29. The van der Waals surface area contributed by atoms with Crippen molar-refractivity contribution in [3.05, 3.63) is 95.8 Å². The molecule has 0 saturated heterocycles. The lowest BCUT2D eigenvalue weighted by molar-refractivity contribution is -0.117. The van der Waals surface area contributed by atoms with E-state index < -0.39 is 0 Å². The molecule has 35 heavy (non-hydrogen) atoms. The van der Waals surface area contributed by atoms with Crippen LogP contribution in [0.3, 0.4) is 0 Å². The molecule has 0 spiro atoms. The molecule has 0 aliphatic heterocycles. The Morgan fingerprint density at radius 3 is 2.46 bits per heavy atom. The van der Waals surface area contributed by atoms with Crippen molar-refractivity contribution < 1.29 is 13.9 Å². The molecule has 4 rings (SSSR count). The first-order valence-corrected chi connectivity index (χ1v) is 12.2. The van der Waals surface area contributed by atoms with Gasteiger partial charge in [0.1, 0.15) is 11.3 Å². The zero-order valence-electron chi connectivity index (χ0n) is 20.9. The summed E-state index contributed by atoms with van der Waals surface area (Å²) in [4.78, 5) is 12.9. The molecule has 4 nitrogen and oxygen atoms in total. The molecule has 4 heteroatoms. The molecule has 1 unspecified atom stereocenters. The minimum Gasteiger partial charge on any atom is -0.493 e. The maximum absolute atomic E-state index is 12.9. The fraction of sp³-hybridized carbons (Fsp3) is 0.258. The number of rotatable bonds is 9. The van der Waals surface area contributed by atoms with Crippen molar-refractivity contribution in [1.29, 1.82) is 0 Å². The zero-order chi connectivity index (χ0) is 24.8. The summed E-state index contributed by atoms with van der Waals surface area (Å²) in [6.45, 7) is 8.50. The van der Waals surface area contributed by atoms with E-state index in [0.717, 1.165) is 57.4 Å². The van der Waals surface area contributed by atoms with Gasteiger partial charge in [-0.1, -0.05) is 60.7 Å². The normalized spacial score (nSPS) is 12.5. The molecule has 180 valence electrons.